The maximum atomic E-state index is 9.60. The first-order chi connectivity index (χ1) is 8.47. The molecule has 0 aromatic carbocycles. The second-order valence-corrected chi connectivity index (χ2v) is 5.22. The smallest absolute Gasteiger partial charge is 0.134 e. The van der Waals surface area contributed by atoms with Crippen molar-refractivity contribution < 1.29 is 5.11 Å². The highest BCUT2D eigenvalue weighted by atomic mass is 16.3. The maximum absolute atomic E-state index is 9.60. The van der Waals surface area contributed by atoms with Crippen molar-refractivity contribution in [3.05, 3.63) is 11.9 Å². The highest BCUT2D eigenvalue weighted by Crippen LogP contribution is 2.23. The van der Waals surface area contributed by atoms with Crippen LogP contribution in [0.15, 0.2) is 6.07 Å². The zero-order valence-corrected chi connectivity index (χ0v) is 11.6. The summed E-state index contributed by atoms with van der Waals surface area (Å²) in [7, 11) is 2.04. The van der Waals surface area contributed by atoms with E-state index in [0.29, 0.717) is 12.6 Å². The molecule has 0 spiro atoms. The summed E-state index contributed by atoms with van der Waals surface area (Å²) < 4.78 is 0. The van der Waals surface area contributed by atoms with E-state index >= 15 is 0 Å². The second kappa shape index (κ2) is 5.10. The Bertz CT molecular complexity index is 421. The van der Waals surface area contributed by atoms with Crippen LogP contribution in [0.2, 0.25) is 0 Å². The van der Waals surface area contributed by atoms with Gasteiger partial charge in [-0.1, -0.05) is 0 Å². The minimum absolute atomic E-state index is 0.230. The lowest BCUT2D eigenvalue weighted by molar-refractivity contribution is 0.198. The first-order valence-corrected chi connectivity index (χ1v) is 6.49. The van der Waals surface area contributed by atoms with Gasteiger partial charge in [0.2, 0.25) is 0 Å². The highest BCUT2D eigenvalue weighted by Gasteiger charge is 2.22. The number of aliphatic hydroxyl groups excluding tert-OH is 1. The quantitative estimate of drug-likeness (QED) is 0.873. The third kappa shape index (κ3) is 2.72. The number of hydrogen-bond donors (Lipinski definition) is 1. The van der Waals surface area contributed by atoms with E-state index < -0.39 is 0 Å². The van der Waals surface area contributed by atoms with Crippen LogP contribution >= 0.6 is 0 Å². The molecule has 1 atom stereocenters. The zero-order valence-electron chi connectivity index (χ0n) is 11.6. The van der Waals surface area contributed by atoms with Gasteiger partial charge in [0.05, 0.1) is 6.10 Å². The standard InChI is InChI=1S/C13H22N4O/c1-9(2)16(4)12-7-13(15-10(3)14-12)17-6-5-11(18)8-17/h7,9,11,18H,5-6,8H2,1-4H3. The van der Waals surface area contributed by atoms with Crippen LogP contribution in [-0.2, 0) is 0 Å². The zero-order chi connectivity index (χ0) is 13.3. The Balaban J connectivity index is 2.26. The van der Waals surface area contributed by atoms with Gasteiger partial charge in [0.1, 0.15) is 17.5 Å². The summed E-state index contributed by atoms with van der Waals surface area (Å²) in [5, 5.41) is 9.60. The van der Waals surface area contributed by atoms with Crippen LogP contribution in [0.25, 0.3) is 0 Å². The number of β-amino-alcohol motifs (C(OH)–C–C–N with tert-alkyl or cyclic N) is 1. The molecule has 100 valence electrons. The molecule has 2 heterocycles. The van der Waals surface area contributed by atoms with Crippen molar-refractivity contribution in [1.29, 1.82) is 0 Å². The fourth-order valence-corrected chi connectivity index (χ4v) is 2.09. The number of aryl methyl sites for hydroxylation is 1. The third-order valence-electron chi connectivity index (χ3n) is 3.43. The molecular weight excluding hydrogens is 228 g/mol. The molecule has 1 aromatic heterocycles. The van der Waals surface area contributed by atoms with E-state index in [4.69, 9.17) is 0 Å². The van der Waals surface area contributed by atoms with Crippen molar-refractivity contribution in [2.75, 3.05) is 29.9 Å². The lowest BCUT2D eigenvalue weighted by Gasteiger charge is -2.25. The molecule has 1 aliphatic rings. The van der Waals surface area contributed by atoms with Gasteiger partial charge in [0, 0.05) is 32.2 Å². The van der Waals surface area contributed by atoms with Crippen LogP contribution in [0, 0.1) is 6.92 Å². The Labute approximate surface area is 108 Å². The molecule has 0 radical (unpaired) electrons. The summed E-state index contributed by atoms with van der Waals surface area (Å²) in [6.45, 7) is 7.71. The van der Waals surface area contributed by atoms with Crippen LogP contribution in [0.5, 0.6) is 0 Å². The van der Waals surface area contributed by atoms with Gasteiger partial charge in [-0.05, 0) is 27.2 Å². The number of aliphatic hydroxyl groups is 1. The van der Waals surface area contributed by atoms with Gasteiger partial charge in [-0.25, -0.2) is 9.97 Å². The highest BCUT2D eigenvalue weighted by molar-refractivity contribution is 5.51. The lowest BCUT2D eigenvalue weighted by Crippen LogP contribution is -2.28. The number of anilines is 2. The molecule has 5 nitrogen and oxygen atoms in total. The van der Waals surface area contributed by atoms with Crippen molar-refractivity contribution >= 4 is 11.6 Å². The fraction of sp³-hybridized carbons (Fsp3) is 0.692. The fourth-order valence-electron chi connectivity index (χ4n) is 2.09. The topological polar surface area (TPSA) is 52.5 Å². The predicted molar refractivity (Wildman–Crippen MR) is 73.1 cm³/mol. The summed E-state index contributed by atoms with van der Waals surface area (Å²) in [6, 6.07) is 2.40. The van der Waals surface area contributed by atoms with Crippen LogP contribution < -0.4 is 9.80 Å². The lowest BCUT2D eigenvalue weighted by atomic mass is 10.3. The van der Waals surface area contributed by atoms with Crippen LogP contribution in [-0.4, -0.2) is 47.4 Å². The van der Waals surface area contributed by atoms with Crippen molar-refractivity contribution in [3.63, 3.8) is 0 Å². The summed E-state index contributed by atoms with van der Waals surface area (Å²) in [5.74, 6) is 2.63. The van der Waals surface area contributed by atoms with Crippen LogP contribution in [0.1, 0.15) is 26.1 Å². The summed E-state index contributed by atoms with van der Waals surface area (Å²) in [4.78, 5) is 13.2. The number of aromatic nitrogens is 2. The molecule has 1 aliphatic heterocycles. The molecule has 0 saturated carbocycles. The molecule has 1 fully saturated rings. The van der Waals surface area contributed by atoms with E-state index in [1.165, 1.54) is 0 Å². The number of hydrogen-bond acceptors (Lipinski definition) is 5. The van der Waals surface area contributed by atoms with E-state index in [-0.39, 0.29) is 6.10 Å². The minimum Gasteiger partial charge on any atom is -0.391 e. The molecule has 0 bridgehead atoms. The van der Waals surface area contributed by atoms with E-state index in [2.05, 4.69) is 33.6 Å². The Hall–Kier alpha value is -1.36. The number of nitrogens with zero attached hydrogens (tertiary/aromatic N) is 4. The van der Waals surface area contributed by atoms with Gasteiger partial charge in [0.15, 0.2) is 0 Å². The van der Waals surface area contributed by atoms with Gasteiger partial charge in [-0.2, -0.15) is 0 Å². The average Bonchev–Trinajstić information content (AvgIpc) is 2.74. The summed E-state index contributed by atoms with van der Waals surface area (Å²) in [6.07, 6.45) is 0.588. The Morgan fingerprint density at radius 3 is 2.72 bits per heavy atom. The molecule has 1 unspecified atom stereocenters. The van der Waals surface area contributed by atoms with Crippen molar-refractivity contribution in [2.45, 2.75) is 39.3 Å². The van der Waals surface area contributed by atoms with Crippen LogP contribution in [0.4, 0.5) is 11.6 Å². The summed E-state index contributed by atoms with van der Waals surface area (Å²) >= 11 is 0. The molecule has 1 saturated heterocycles. The van der Waals surface area contributed by atoms with Crippen LogP contribution in [0.3, 0.4) is 0 Å². The Morgan fingerprint density at radius 2 is 2.17 bits per heavy atom. The minimum atomic E-state index is -0.230. The molecule has 1 aromatic rings. The first kappa shape index (κ1) is 13.1. The molecule has 0 aliphatic carbocycles. The van der Waals surface area contributed by atoms with E-state index in [0.717, 1.165) is 30.4 Å². The predicted octanol–water partition coefficient (Wildman–Crippen LogP) is 1.20. The third-order valence-corrected chi connectivity index (χ3v) is 3.43. The van der Waals surface area contributed by atoms with Crippen molar-refractivity contribution in [1.82, 2.24) is 9.97 Å². The molecule has 18 heavy (non-hydrogen) atoms. The molecular formula is C13H22N4O. The van der Waals surface area contributed by atoms with Gasteiger partial charge in [-0.3, -0.25) is 0 Å². The number of rotatable bonds is 3. The summed E-state index contributed by atoms with van der Waals surface area (Å²) in [5.41, 5.74) is 0. The average molecular weight is 250 g/mol. The SMILES string of the molecule is Cc1nc(N2CCC(O)C2)cc(N(C)C(C)C)n1. The monoisotopic (exact) mass is 250 g/mol. The molecule has 1 N–H and O–H groups in total. The Morgan fingerprint density at radius 1 is 1.44 bits per heavy atom. The molecule has 0 amide bonds. The van der Waals surface area contributed by atoms with Gasteiger partial charge in [0.25, 0.3) is 0 Å². The molecule has 5 heteroatoms. The Kier molecular flexibility index (Phi) is 3.71. The van der Waals surface area contributed by atoms with Gasteiger partial charge in [-0.15, -0.1) is 0 Å². The largest absolute Gasteiger partial charge is 0.391 e. The first-order valence-electron chi connectivity index (χ1n) is 6.49. The van der Waals surface area contributed by atoms with Crippen molar-refractivity contribution in [2.24, 2.45) is 0 Å². The van der Waals surface area contributed by atoms with Gasteiger partial charge < -0.3 is 14.9 Å². The molecule has 2 rings (SSSR count). The normalized spacial score (nSPS) is 19.7. The van der Waals surface area contributed by atoms with E-state index in [9.17, 15) is 5.11 Å². The van der Waals surface area contributed by atoms with E-state index in [1.807, 2.05) is 20.0 Å². The van der Waals surface area contributed by atoms with Crippen molar-refractivity contribution in [3.8, 4) is 0 Å². The van der Waals surface area contributed by atoms with E-state index in [1.54, 1.807) is 0 Å². The maximum Gasteiger partial charge on any atom is 0.134 e. The second-order valence-electron chi connectivity index (χ2n) is 5.22. The van der Waals surface area contributed by atoms with Gasteiger partial charge >= 0.3 is 0 Å².